The number of carbonyl (C=O) groups excluding carboxylic acids is 1. The Morgan fingerprint density at radius 2 is 1.66 bits per heavy atom. The maximum Gasteiger partial charge on any atom is 0.259 e. The highest BCUT2D eigenvalue weighted by molar-refractivity contribution is 5.97. The fraction of sp³-hybridized carbons (Fsp3) is 0.227. The number of amides is 1. The molecule has 0 spiro atoms. The lowest BCUT2D eigenvalue weighted by Gasteiger charge is -2.18. The van der Waals surface area contributed by atoms with Gasteiger partial charge in [-0.1, -0.05) is 18.2 Å². The van der Waals surface area contributed by atoms with E-state index in [-0.39, 0.29) is 5.91 Å². The lowest BCUT2D eigenvalue weighted by atomic mass is 10.2. The molecule has 0 unspecified atom stereocenters. The minimum Gasteiger partial charge on any atom is -0.328 e. The predicted octanol–water partition coefficient (Wildman–Crippen LogP) is 3.17. The number of nitrogens with zero attached hydrogens (tertiary/aromatic N) is 6. The number of para-hydroxylation sites is 1. The summed E-state index contributed by atoms with van der Waals surface area (Å²) >= 11 is 0. The Kier molecular flexibility index (Phi) is 3.91. The number of hydrogen-bond acceptors (Lipinski definition) is 3. The van der Waals surface area contributed by atoms with Crippen LogP contribution >= 0.6 is 0 Å². The molecule has 0 saturated carbocycles. The second kappa shape index (κ2) is 6.48. The summed E-state index contributed by atoms with van der Waals surface area (Å²) in [5.74, 6) is 0.784. The fourth-order valence-electron chi connectivity index (χ4n) is 4.11. The van der Waals surface area contributed by atoms with Crippen LogP contribution in [0.5, 0.6) is 0 Å². The Hall–Kier alpha value is -3.61. The third-order valence-corrected chi connectivity index (χ3v) is 5.57. The smallest absolute Gasteiger partial charge is 0.259 e. The van der Waals surface area contributed by atoms with Crippen LogP contribution in [-0.2, 0) is 20.1 Å². The zero-order chi connectivity index (χ0) is 20.1. The van der Waals surface area contributed by atoms with Crippen molar-refractivity contribution in [3.05, 3.63) is 83.1 Å². The maximum atomic E-state index is 13.4. The summed E-state index contributed by atoms with van der Waals surface area (Å²) in [6.45, 7) is 5.16. The van der Waals surface area contributed by atoms with E-state index in [1.165, 1.54) is 0 Å². The van der Waals surface area contributed by atoms with Crippen LogP contribution in [0.3, 0.4) is 0 Å². The van der Waals surface area contributed by atoms with Crippen LogP contribution in [0.4, 0.5) is 0 Å². The molecule has 0 saturated heterocycles. The molecule has 0 radical (unpaired) electrons. The first-order valence-electron chi connectivity index (χ1n) is 9.62. The van der Waals surface area contributed by atoms with E-state index >= 15 is 0 Å². The summed E-state index contributed by atoms with van der Waals surface area (Å²) in [4.78, 5) is 15.3. The van der Waals surface area contributed by atoms with Gasteiger partial charge in [-0.05, 0) is 38.1 Å². The largest absolute Gasteiger partial charge is 0.328 e. The molecule has 0 N–H and O–H groups in total. The van der Waals surface area contributed by atoms with Crippen molar-refractivity contribution in [1.29, 1.82) is 0 Å². The van der Waals surface area contributed by atoms with Gasteiger partial charge in [-0.3, -0.25) is 9.48 Å². The summed E-state index contributed by atoms with van der Waals surface area (Å²) in [6.07, 6.45) is 3.53. The van der Waals surface area contributed by atoms with Gasteiger partial charge in [-0.25, -0.2) is 4.68 Å². The van der Waals surface area contributed by atoms with E-state index in [0.29, 0.717) is 18.7 Å². The van der Waals surface area contributed by atoms with Gasteiger partial charge in [0, 0.05) is 30.5 Å². The van der Waals surface area contributed by atoms with E-state index in [4.69, 9.17) is 0 Å². The monoisotopic (exact) mass is 386 g/mol. The van der Waals surface area contributed by atoms with Gasteiger partial charge in [0.2, 0.25) is 0 Å². The minimum absolute atomic E-state index is 0.0172. The molecule has 1 aromatic carbocycles. The number of benzene rings is 1. The third kappa shape index (κ3) is 2.69. The Bertz CT molecular complexity index is 1190. The molecule has 1 aliphatic heterocycles. The van der Waals surface area contributed by atoms with Gasteiger partial charge in [-0.2, -0.15) is 10.2 Å². The second-order valence-electron chi connectivity index (χ2n) is 7.48. The first-order valence-corrected chi connectivity index (χ1v) is 9.62. The van der Waals surface area contributed by atoms with Crippen LogP contribution in [0.25, 0.3) is 11.5 Å². The van der Waals surface area contributed by atoms with Gasteiger partial charge in [-0.15, -0.1) is 0 Å². The third-order valence-electron chi connectivity index (χ3n) is 5.57. The summed E-state index contributed by atoms with van der Waals surface area (Å²) in [5.41, 5.74) is 5.90. The van der Waals surface area contributed by atoms with Gasteiger partial charge in [0.1, 0.15) is 11.4 Å². The molecule has 4 aromatic rings. The standard InChI is InChI=1S/C22H22N6O/c1-15-9-10-16(2)27(15)21-19(12-23-25(21)3)22(29)26-13-17-11-24-28(20(17)14-26)18-7-5-4-6-8-18/h4-12H,13-14H2,1-3H3. The summed E-state index contributed by atoms with van der Waals surface area (Å²) in [5, 5.41) is 8.90. The van der Waals surface area contributed by atoms with Crippen LogP contribution in [0, 0.1) is 13.8 Å². The van der Waals surface area contributed by atoms with Crippen molar-refractivity contribution in [3.8, 4) is 11.5 Å². The van der Waals surface area contributed by atoms with E-state index in [1.807, 2.05) is 67.0 Å². The van der Waals surface area contributed by atoms with Crippen LogP contribution in [0.15, 0.2) is 54.9 Å². The number of fused-ring (bicyclic) bond motifs is 1. The topological polar surface area (TPSA) is 60.9 Å². The highest BCUT2D eigenvalue weighted by Crippen LogP contribution is 2.28. The van der Waals surface area contributed by atoms with Gasteiger partial charge in [0.15, 0.2) is 0 Å². The van der Waals surface area contributed by atoms with Gasteiger partial charge >= 0.3 is 0 Å². The average Bonchev–Trinajstić information content (AvgIpc) is 3.47. The molecule has 1 aliphatic rings. The minimum atomic E-state index is -0.0172. The lowest BCUT2D eigenvalue weighted by Crippen LogP contribution is -2.27. The number of aromatic nitrogens is 5. The van der Waals surface area contributed by atoms with Gasteiger partial charge < -0.3 is 9.47 Å². The van der Waals surface area contributed by atoms with Gasteiger partial charge in [0.25, 0.3) is 5.91 Å². The molecule has 7 heteroatoms. The molecule has 7 nitrogen and oxygen atoms in total. The molecule has 5 rings (SSSR count). The fourth-order valence-corrected chi connectivity index (χ4v) is 4.11. The first-order chi connectivity index (χ1) is 14.0. The molecule has 0 atom stereocenters. The Balaban J connectivity index is 1.49. The SMILES string of the molecule is Cc1ccc(C)n1-c1c(C(=O)N2Cc3cnn(-c4ccccc4)c3C2)cnn1C. The van der Waals surface area contributed by atoms with E-state index in [0.717, 1.165) is 34.2 Å². The molecule has 1 amide bonds. The van der Waals surface area contributed by atoms with Crippen molar-refractivity contribution in [1.82, 2.24) is 29.0 Å². The molecule has 4 heterocycles. The quantitative estimate of drug-likeness (QED) is 0.543. The van der Waals surface area contributed by atoms with Crippen molar-refractivity contribution in [2.75, 3.05) is 0 Å². The van der Waals surface area contributed by atoms with Crippen molar-refractivity contribution >= 4 is 5.91 Å². The second-order valence-corrected chi connectivity index (χ2v) is 7.48. The Morgan fingerprint density at radius 3 is 2.38 bits per heavy atom. The lowest BCUT2D eigenvalue weighted by molar-refractivity contribution is 0.0748. The number of hydrogen-bond donors (Lipinski definition) is 0. The van der Waals surface area contributed by atoms with E-state index in [9.17, 15) is 4.79 Å². The Labute approximate surface area is 168 Å². The molecule has 0 aliphatic carbocycles. The van der Waals surface area contributed by atoms with E-state index in [1.54, 1.807) is 10.9 Å². The molecular formula is C22H22N6O. The zero-order valence-corrected chi connectivity index (χ0v) is 16.7. The Morgan fingerprint density at radius 1 is 0.931 bits per heavy atom. The first kappa shape index (κ1) is 17.5. The highest BCUT2D eigenvalue weighted by atomic mass is 16.2. The summed E-state index contributed by atoms with van der Waals surface area (Å²) in [6, 6.07) is 14.1. The van der Waals surface area contributed by atoms with Crippen molar-refractivity contribution in [2.45, 2.75) is 26.9 Å². The predicted molar refractivity (Wildman–Crippen MR) is 109 cm³/mol. The average molecular weight is 386 g/mol. The van der Waals surface area contributed by atoms with Crippen molar-refractivity contribution in [2.24, 2.45) is 7.05 Å². The molecule has 0 bridgehead atoms. The number of carbonyl (C=O) groups is 1. The van der Waals surface area contributed by atoms with Crippen LogP contribution < -0.4 is 0 Å². The molecule has 29 heavy (non-hydrogen) atoms. The van der Waals surface area contributed by atoms with Crippen LogP contribution in [-0.4, -0.2) is 34.9 Å². The van der Waals surface area contributed by atoms with Gasteiger partial charge in [0.05, 0.1) is 30.3 Å². The van der Waals surface area contributed by atoms with E-state index in [2.05, 4.69) is 26.9 Å². The number of aryl methyl sites for hydroxylation is 3. The zero-order valence-electron chi connectivity index (χ0n) is 16.7. The maximum absolute atomic E-state index is 13.4. The molecule has 3 aromatic heterocycles. The van der Waals surface area contributed by atoms with Crippen molar-refractivity contribution < 1.29 is 4.79 Å². The molecule has 146 valence electrons. The van der Waals surface area contributed by atoms with Crippen LogP contribution in [0.1, 0.15) is 33.0 Å². The highest BCUT2D eigenvalue weighted by Gasteiger charge is 2.31. The van der Waals surface area contributed by atoms with Crippen LogP contribution in [0.2, 0.25) is 0 Å². The molecule has 0 fully saturated rings. The molecular weight excluding hydrogens is 364 g/mol. The normalized spacial score (nSPS) is 13.1. The summed E-state index contributed by atoms with van der Waals surface area (Å²) < 4.78 is 5.77. The summed E-state index contributed by atoms with van der Waals surface area (Å²) in [7, 11) is 1.87. The van der Waals surface area contributed by atoms with Crippen molar-refractivity contribution in [3.63, 3.8) is 0 Å². The number of rotatable bonds is 3. The van der Waals surface area contributed by atoms with E-state index < -0.39 is 0 Å².